The monoisotopic (exact) mass is 170 g/mol. The fourth-order valence-corrected chi connectivity index (χ4v) is 0.696. The second-order valence-corrected chi connectivity index (χ2v) is 2.94. The lowest BCUT2D eigenvalue weighted by molar-refractivity contribution is -0.141. The zero-order chi connectivity index (χ0) is 9.78. The lowest BCUT2D eigenvalue weighted by Gasteiger charge is -2.18. The molecule has 0 spiro atoms. The molecule has 0 saturated heterocycles. The molecule has 0 bridgehead atoms. The van der Waals surface area contributed by atoms with Crippen molar-refractivity contribution >= 4 is 5.97 Å². The van der Waals surface area contributed by atoms with Crippen molar-refractivity contribution < 1.29 is 9.90 Å². The van der Waals surface area contributed by atoms with Crippen LogP contribution in [0.2, 0.25) is 0 Å². The van der Waals surface area contributed by atoms with Gasteiger partial charge in [-0.05, 0) is 19.8 Å². The molecule has 12 heavy (non-hydrogen) atoms. The fourth-order valence-electron chi connectivity index (χ4n) is 0.696. The predicted octanol–water partition coefficient (Wildman–Crippen LogP) is -0.471. The van der Waals surface area contributed by atoms with E-state index in [1.807, 2.05) is 0 Å². The van der Waals surface area contributed by atoms with Gasteiger partial charge in [0.1, 0.15) is 0 Å². The third-order valence-electron chi connectivity index (χ3n) is 1.63. The average Bonchev–Trinajstić information content (AvgIpc) is 1.99. The Kier molecular flexibility index (Phi) is 3.74. The highest BCUT2D eigenvalue weighted by atomic mass is 16.4. The molecule has 0 rings (SSSR count). The van der Waals surface area contributed by atoms with Gasteiger partial charge in [0.25, 0.3) is 0 Å². The number of rotatable bonds is 4. The first-order chi connectivity index (χ1) is 5.42. The van der Waals surface area contributed by atoms with Gasteiger partial charge in [0.15, 0.2) is 5.54 Å². The van der Waals surface area contributed by atoms with E-state index in [0.717, 1.165) is 0 Å². The number of carboxylic acids is 1. The molecule has 68 valence electrons. The minimum absolute atomic E-state index is 0.0828. The van der Waals surface area contributed by atoms with E-state index in [1.165, 1.54) is 0 Å². The summed E-state index contributed by atoms with van der Waals surface area (Å²) in [5, 5.41) is 8.64. The van der Waals surface area contributed by atoms with Crippen molar-refractivity contribution in [2.75, 3.05) is 0 Å². The van der Waals surface area contributed by atoms with Crippen LogP contribution >= 0.6 is 0 Å². The van der Waals surface area contributed by atoms with Crippen molar-refractivity contribution in [2.45, 2.75) is 31.3 Å². The van der Waals surface area contributed by atoms with Gasteiger partial charge in [-0.1, -0.05) is 5.92 Å². The smallest absolute Gasteiger partial charge is 0.336 e. The van der Waals surface area contributed by atoms with Crippen molar-refractivity contribution in [3.05, 3.63) is 0 Å². The number of hydrogen-bond acceptors (Lipinski definition) is 3. The summed E-state index contributed by atoms with van der Waals surface area (Å²) < 4.78 is 0. The predicted molar refractivity (Wildman–Crippen MR) is 46.3 cm³/mol. The lowest BCUT2D eigenvalue weighted by Crippen LogP contribution is -2.47. The molecule has 0 aromatic heterocycles. The number of terminal acetylenes is 1. The third-order valence-corrected chi connectivity index (χ3v) is 1.63. The summed E-state index contributed by atoms with van der Waals surface area (Å²) in [6.45, 7) is 1.78. The maximum absolute atomic E-state index is 10.6. The Bertz CT molecular complexity index is 208. The topological polar surface area (TPSA) is 89.3 Å². The zero-order valence-corrected chi connectivity index (χ0v) is 7.08. The van der Waals surface area contributed by atoms with Crippen molar-refractivity contribution in [1.82, 2.24) is 0 Å². The van der Waals surface area contributed by atoms with E-state index >= 15 is 0 Å². The van der Waals surface area contributed by atoms with E-state index in [1.54, 1.807) is 6.92 Å². The van der Waals surface area contributed by atoms with Gasteiger partial charge in [-0.3, -0.25) is 0 Å². The Morgan fingerprint density at radius 1 is 1.83 bits per heavy atom. The first-order valence-corrected chi connectivity index (χ1v) is 3.68. The Balaban J connectivity index is 4.19. The molecule has 0 aliphatic rings. The van der Waals surface area contributed by atoms with Crippen molar-refractivity contribution in [3.63, 3.8) is 0 Å². The summed E-state index contributed by atoms with van der Waals surface area (Å²) in [5.74, 6) is 0.881. The second kappa shape index (κ2) is 4.10. The molecule has 0 heterocycles. The fraction of sp³-hybridized carbons (Fsp3) is 0.625. The highest BCUT2D eigenvalue weighted by molar-refractivity contribution is 5.82. The van der Waals surface area contributed by atoms with Gasteiger partial charge in [-0.15, -0.1) is 6.42 Å². The van der Waals surface area contributed by atoms with Gasteiger partial charge >= 0.3 is 5.97 Å². The number of aliphatic carboxylic acids is 1. The minimum atomic E-state index is -1.56. The largest absolute Gasteiger partial charge is 0.479 e. The number of carboxylic acid groups (broad SMARTS) is 1. The maximum Gasteiger partial charge on any atom is 0.336 e. The molecular formula is C8H14N2O2. The Morgan fingerprint density at radius 3 is 2.58 bits per heavy atom. The molecule has 0 aliphatic heterocycles. The van der Waals surface area contributed by atoms with Gasteiger partial charge in [-0.25, -0.2) is 4.79 Å². The third kappa shape index (κ3) is 2.91. The minimum Gasteiger partial charge on any atom is -0.479 e. The molecular weight excluding hydrogens is 156 g/mol. The highest BCUT2D eigenvalue weighted by Crippen LogP contribution is 2.09. The van der Waals surface area contributed by atoms with Gasteiger partial charge in [-0.2, -0.15) is 0 Å². The van der Waals surface area contributed by atoms with Gasteiger partial charge in [0, 0.05) is 6.04 Å². The molecule has 0 aliphatic carbocycles. The molecule has 0 aromatic rings. The van der Waals surface area contributed by atoms with Crippen LogP contribution in [0.3, 0.4) is 0 Å². The molecule has 0 radical (unpaired) electrons. The highest BCUT2D eigenvalue weighted by Gasteiger charge is 2.31. The molecule has 0 fully saturated rings. The first-order valence-electron chi connectivity index (χ1n) is 3.68. The summed E-state index contributed by atoms with van der Waals surface area (Å²) in [6.07, 6.45) is 5.71. The van der Waals surface area contributed by atoms with Gasteiger partial charge in [0.2, 0.25) is 0 Å². The van der Waals surface area contributed by atoms with Crippen molar-refractivity contribution in [1.29, 1.82) is 0 Å². The summed E-state index contributed by atoms with van der Waals surface area (Å²) >= 11 is 0. The summed E-state index contributed by atoms with van der Waals surface area (Å²) in [7, 11) is 0. The van der Waals surface area contributed by atoms with Crippen LogP contribution in [0, 0.1) is 12.3 Å². The molecule has 2 atom stereocenters. The first kappa shape index (κ1) is 11.0. The van der Waals surface area contributed by atoms with Crippen molar-refractivity contribution in [3.8, 4) is 12.3 Å². The summed E-state index contributed by atoms with van der Waals surface area (Å²) in [4.78, 5) is 10.6. The number of nitrogens with two attached hydrogens (primary N) is 2. The van der Waals surface area contributed by atoms with Crippen molar-refractivity contribution in [2.24, 2.45) is 11.5 Å². The number of hydrogen-bond donors (Lipinski definition) is 3. The van der Waals surface area contributed by atoms with Gasteiger partial charge in [0.05, 0.1) is 0 Å². The molecule has 1 unspecified atom stereocenters. The van der Waals surface area contributed by atoms with Gasteiger partial charge < -0.3 is 16.6 Å². The Labute approximate surface area is 71.9 Å². The summed E-state index contributed by atoms with van der Waals surface area (Å²) in [5.41, 5.74) is 9.27. The second-order valence-electron chi connectivity index (χ2n) is 2.94. The van der Waals surface area contributed by atoms with E-state index in [4.69, 9.17) is 23.0 Å². The summed E-state index contributed by atoms with van der Waals surface area (Å²) in [6, 6.07) is -0.0828. The maximum atomic E-state index is 10.6. The van der Waals surface area contributed by atoms with E-state index in [-0.39, 0.29) is 12.5 Å². The number of carbonyl (C=O) groups is 1. The Morgan fingerprint density at radius 2 is 2.33 bits per heavy atom. The standard InChI is InChI=1S/C8H14N2O2/c1-3-8(10,7(11)12)5-4-6(2)9/h1,6H,4-5,9-10H2,2H3,(H,11,12)/t6?,8-/m0/s1. The molecule has 4 nitrogen and oxygen atoms in total. The molecule has 0 saturated carbocycles. The molecule has 4 heteroatoms. The van der Waals surface area contributed by atoms with Crippen LogP contribution in [0.25, 0.3) is 0 Å². The van der Waals surface area contributed by atoms with Crippen LogP contribution in [-0.4, -0.2) is 22.7 Å². The van der Waals surface area contributed by atoms with E-state index in [2.05, 4.69) is 5.92 Å². The van der Waals surface area contributed by atoms with Crippen LogP contribution in [-0.2, 0) is 4.79 Å². The van der Waals surface area contributed by atoms with E-state index < -0.39 is 11.5 Å². The van der Waals surface area contributed by atoms with E-state index in [0.29, 0.717) is 6.42 Å². The zero-order valence-electron chi connectivity index (χ0n) is 7.08. The van der Waals surface area contributed by atoms with Crippen LogP contribution in [0.15, 0.2) is 0 Å². The SMILES string of the molecule is C#C[C@](N)(CCC(C)N)C(=O)O. The van der Waals surface area contributed by atoms with Crippen LogP contribution in [0.5, 0.6) is 0 Å². The normalized spacial score (nSPS) is 17.5. The van der Waals surface area contributed by atoms with E-state index in [9.17, 15) is 4.79 Å². The quantitative estimate of drug-likeness (QED) is 0.497. The van der Waals surface area contributed by atoms with Crippen LogP contribution in [0.1, 0.15) is 19.8 Å². The lowest BCUT2D eigenvalue weighted by atomic mass is 9.94. The van der Waals surface area contributed by atoms with Crippen LogP contribution < -0.4 is 11.5 Å². The Hall–Kier alpha value is -1.05. The molecule has 0 aromatic carbocycles. The molecule has 5 N–H and O–H groups in total. The van der Waals surface area contributed by atoms with Crippen LogP contribution in [0.4, 0.5) is 0 Å². The average molecular weight is 170 g/mol. The molecule has 0 amide bonds.